The smallest absolute Gasteiger partial charge is 0.335 e. The molecule has 0 aliphatic rings. The van der Waals surface area contributed by atoms with Crippen molar-refractivity contribution in [3.8, 4) is 11.5 Å². The highest BCUT2D eigenvalue weighted by Crippen LogP contribution is 2.25. The topological polar surface area (TPSA) is 83.8 Å². The standard InChI is InChI=1S/C15H12O5/c1-20-11-6-7-12(13(16)8-11)14(17)9-2-4-10(5-3-9)15(18)19/h2-8,16H,1H3,(H,18,19). The second kappa shape index (κ2) is 5.44. The molecule has 0 aliphatic carbocycles. The molecule has 0 aliphatic heterocycles. The van der Waals surface area contributed by atoms with E-state index in [1.54, 1.807) is 6.07 Å². The zero-order valence-electron chi connectivity index (χ0n) is 10.7. The molecule has 20 heavy (non-hydrogen) atoms. The minimum Gasteiger partial charge on any atom is -0.507 e. The predicted molar refractivity (Wildman–Crippen MR) is 71.5 cm³/mol. The van der Waals surface area contributed by atoms with Crippen LogP contribution in [0, 0.1) is 0 Å². The molecule has 0 radical (unpaired) electrons. The van der Waals surface area contributed by atoms with Gasteiger partial charge in [-0.1, -0.05) is 12.1 Å². The van der Waals surface area contributed by atoms with Crippen LogP contribution in [-0.2, 0) is 0 Å². The molecule has 0 saturated carbocycles. The number of carbonyl (C=O) groups excluding carboxylic acids is 1. The maximum absolute atomic E-state index is 12.2. The van der Waals surface area contributed by atoms with Crippen LogP contribution >= 0.6 is 0 Å². The van der Waals surface area contributed by atoms with E-state index >= 15 is 0 Å². The Morgan fingerprint density at radius 3 is 2.10 bits per heavy atom. The van der Waals surface area contributed by atoms with Crippen LogP contribution in [0.3, 0.4) is 0 Å². The summed E-state index contributed by atoms with van der Waals surface area (Å²) in [6.07, 6.45) is 0. The van der Waals surface area contributed by atoms with E-state index in [0.29, 0.717) is 11.3 Å². The van der Waals surface area contributed by atoms with Gasteiger partial charge in [0.1, 0.15) is 11.5 Å². The number of hydrogen-bond donors (Lipinski definition) is 2. The molecule has 0 spiro atoms. The van der Waals surface area contributed by atoms with Crippen molar-refractivity contribution < 1.29 is 24.5 Å². The van der Waals surface area contributed by atoms with Gasteiger partial charge in [-0.25, -0.2) is 4.79 Å². The molecule has 0 unspecified atom stereocenters. The van der Waals surface area contributed by atoms with Crippen molar-refractivity contribution in [2.45, 2.75) is 0 Å². The first-order valence-electron chi connectivity index (χ1n) is 5.78. The van der Waals surface area contributed by atoms with Gasteiger partial charge in [-0.2, -0.15) is 0 Å². The lowest BCUT2D eigenvalue weighted by Gasteiger charge is -2.06. The predicted octanol–water partition coefficient (Wildman–Crippen LogP) is 2.33. The summed E-state index contributed by atoms with van der Waals surface area (Å²) >= 11 is 0. The fourth-order valence-electron chi connectivity index (χ4n) is 1.75. The Labute approximate surface area is 115 Å². The van der Waals surface area contributed by atoms with E-state index in [4.69, 9.17) is 9.84 Å². The Bertz CT molecular complexity index is 658. The third-order valence-electron chi connectivity index (χ3n) is 2.84. The first-order chi connectivity index (χ1) is 9.52. The molecule has 102 valence electrons. The number of phenolic OH excluding ortho intramolecular Hbond substituents is 1. The van der Waals surface area contributed by atoms with Crippen LogP contribution in [0.1, 0.15) is 26.3 Å². The number of benzene rings is 2. The monoisotopic (exact) mass is 272 g/mol. The molecule has 0 heterocycles. The normalized spacial score (nSPS) is 10.1. The van der Waals surface area contributed by atoms with Crippen molar-refractivity contribution in [2.75, 3.05) is 7.11 Å². The molecule has 5 nitrogen and oxygen atoms in total. The van der Waals surface area contributed by atoms with Gasteiger partial charge in [0.05, 0.1) is 18.2 Å². The maximum Gasteiger partial charge on any atom is 0.335 e. The molecular weight excluding hydrogens is 260 g/mol. The quantitative estimate of drug-likeness (QED) is 0.834. The zero-order chi connectivity index (χ0) is 14.7. The average molecular weight is 272 g/mol. The van der Waals surface area contributed by atoms with Crippen molar-refractivity contribution >= 4 is 11.8 Å². The third-order valence-corrected chi connectivity index (χ3v) is 2.84. The number of hydrogen-bond acceptors (Lipinski definition) is 4. The van der Waals surface area contributed by atoms with E-state index < -0.39 is 5.97 Å². The molecule has 0 fully saturated rings. The molecule has 2 aromatic carbocycles. The van der Waals surface area contributed by atoms with Crippen LogP contribution in [0.2, 0.25) is 0 Å². The van der Waals surface area contributed by atoms with Crippen LogP contribution in [0.4, 0.5) is 0 Å². The van der Waals surface area contributed by atoms with Gasteiger partial charge in [0, 0.05) is 11.6 Å². The fourth-order valence-corrected chi connectivity index (χ4v) is 1.75. The molecule has 0 atom stereocenters. The lowest BCUT2D eigenvalue weighted by Crippen LogP contribution is -2.03. The number of ether oxygens (including phenoxy) is 1. The van der Waals surface area contributed by atoms with Gasteiger partial charge in [0.15, 0.2) is 5.78 Å². The molecule has 0 aromatic heterocycles. The molecule has 2 N–H and O–H groups in total. The van der Waals surface area contributed by atoms with E-state index in [-0.39, 0.29) is 22.7 Å². The second-order valence-electron chi connectivity index (χ2n) is 4.09. The molecule has 0 amide bonds. The molecule has 2 aromatic rings. The Hall–Kier alpha value is -2.82. The van der Waals surface area contributed by atoms with E-state index in [1.165, 1.54) is 43.5 Å². The zero-order valence-corrected chi connectivity index (χ0v) is 10.7. The van der Waals surface area contributed by atoms with Gasteiger partial charge >= 0.3 is 5.97 Å². The van der Waals surface area contributed by atoms with Crippen molar-refractivity contribution in [2.24, 2.45) is 0 Å². The summed E-state index contributed by atoms with van der Waals surface area (Å²) in [7, 11) is 1.46. The Morgan fingerprint density at radius 1 is 1.00 bits per heavy atom. The van der Waals surface area contributed by atoms with Gasteiger partial charge in [-0.3, -0.25) is 4.79 Å². The van der Waals surface area contributed by atoms with Crippen LogP contribution in [-0.4, -0.2) is 29.1 Å². The highest BCUT2D eigenvalue weighted by molar-refractivity contribution is 6.11. The van der Waals surface area contributed by atoms with Crippen LogP contribution < -0.4 is 4.74 Å². The lowest BCUT2D eigenvalue weighted by atomic mass is 10.0. The summed E-state index contributed by atoms with van der Waals surface area (Å²) in [6, 6.07) is 9.89. The van der Waals surface area contributed by atoms with E-state index in [9.17, 15) is 14.7 Å². The van der Waals surface area contributed by atoms with Crippen molar-refractivity contribution in [1.29, 1.82) is 0 Å². The van der Waals surface area contributed by atoms with Crippen LogP contribution in [0.25, 0.3) is 0 Å². The van der Waals surface area contributed by atoms with Crippen LogP contribution in [0.15, 0.2) is 42.5 Å². The molecule has 0 bridgehead atoms. The van der Waals surface area contributed by atoms with Gasteiger partial charge in [-0.15, -0.1) is 0 Å². The summed E-state index contributed by atoms with van der Waals surface area (Å²) in [5.74, 6) is -1.18. The molecule has 2 rings (SSSR count). The van der Waals surface area contributed by atoms with Crippen LogP contribution in [0.5, 0.6) is 11.5 Å². The largest absolute Gasteiger partial charge is 0.507 e. The van der Waals surface area contributed by atoms with Crippen molar-refractivity contribution in [3.63, 3.8) is 0 Å². The van der Waals surface area contributed by atoms with Crippen molar-refractivity contribution in [3.05, 3.63) is 59.2 Å². The Balaban J connectivity index is 2.33. The van der Waals surface area contributed by atoms with E-state index in [0.717, 1.165) is 0 Å². The summed E-state index contributed by atoms with van der Waals surface area (Å²) in [4.78, 5) is 22.9. The SMILES string of the molecule is COc1ccc(C(=O)c2ccc(C(=O)O)cc2)c(O)c1. The summed E-state index contributed by atoms with van der Waals surface area (Å²) < 4.78 is 4.94. The number of carboxylic acids is 1. The highest BCUT2D eigenvalue weighted by Gasteiger charge is 2.14. The van der Waals surface area contributed by atoms with Gasteiger partial charge in [0.2, 0.25) is 0 Å². The number of carbonyl (C=O) groups is 2. The Morgan fingerprint density at radius 2 is 1.60 bits per heavy atom. The summed E-state index contributed by atoms with van der Waals surface area (Å²) in [5, 5.41) is 18.6. The van der Waals surface area contributed by atoms with Gasteiger partial charge in [-0.05, 0) is 24.3 Å². The third kappa shape index (κ3) is 2.61. The minimum atomic E-state index is -1.06. The number of phenols is 1. The van der Waals surface area contributed by atoms with Crippen molar-refractivity contribution in [1.82, 2.24) is 0 Å². The summed E-state index contributed by atoms with van der Waals surface area (Å²) in [5.41, 5.74) is 0.532. The Kier molecular flexibility index (Phi) is 3.70. The number of carboxylic acid groups (broad SMARTS) is 1. The van der Waals surface area contributed by atoms with E-state index in [1.807, 2.05) is 0 Å². The molecule has 0 saturated heterocycles. The number of methoxy groups -OCH3 is 1. The molecular formula is C15H12O5. The van der Waals surface area contributed by atoms with Gasteiger partial charge in [0.25, 0.3) is 0 Å². The number of aromatic carboxylic acids is 1. The fraction of sp³-hybridized carbons (Fsp3) is 0.0667. The summed E-state index contributed by atoms with van der Waals surface area (Å²) in [6.45, 7) is 0. The number of ketones is 1. The first kappa shape index (κ1) is 13.6. The van der Waals surface area contributed by atoms with E-state index in [2.05, 4.69) is 0 Å². The number of aromatic hydroxyl groups is 1. The number of rotatable bonds is 4. The second-order valence-corrected chi connectivity index (χ2v) is 4.09. The average Bonchev–Trinajstić information content (AvgIpc) is 2.46. The van der Waals surface area contributed by atoms with Gasteiger partial charge < -0.3 is 14.9 Å². The maximum atomic E-state index is 12.2. The minimum absolute atomic E-state index is 0.0977. The highest BCUT2D eigenvalue weighted by atomic mass is 16.5. The first-order valence-corrected chi connectivity index (χ1v) is 5.78. The molecule has 5 heteroatoms. The lowest BCUT2D eigenvalue weighted by molar-refractivity contribution is 0.0696.